The number of hydrogen-bond acceptors (Lipinski definition) is 7. The molecule has 2 fully saturated rings. The summed E-state index contributed by atoms with van der Waals surface area (Å²) in [6.45, 7) is 6.53. The topological polar surface area (TPSA) is 91.3 Å². The Morgan fingerprint density at radius 2 is 2.16 bits per heavy atom. The van der Waals surface area contributed by atoms with Crippen LogP contribution in [0.2, 0.25) is 0 Å². The van der Waals surface area contributed by atoms with Crippen molar-refractivity contribution in [3.63, 3.8) is 0 Å². The summed E-state index contributed by atoms with van der Waals surface area (Å²) in [7, 11) is 2.20. The summed E-state index contributed by atoms with van der Waals surface area (Å²) in [6, 6.07) is 2.41. The minimum absolute atomic E-state index is 0.00292. The summed E-state index contributed by atoms with van der Waals surface area (Å²) in [5, 5.41) is 24.1. The van der Waals surface area contributed by atoms with Gasteiger partial charge < -0.3 is 29.9 Å². The van der Waals surface area contributed by atoms with Gasteiger partial charge in [-0.15, -0.1) is 0 Å². The van der Waals surface area contributed by atoms with Gasteiger partial charge in [-0.05, 0) is 77.6 Å². The number of nitrogens with one attached hydrogen (secondary N) is 1. The molecule has 1 saturated carbocycles. The summed E-state index contributed by atoms with van der Waals surface area (Å²) < 4.78 is 12.0. The molecule has 0 amide bonds. The summed E-state index contributed by atoms with van der Waals surface area (Å²) >= 11 is 0. The van der Waals surface area contributed by atoms with E-state index in [2.05, 4.69) is 17.3 Å². The lowest BCUT2D eigenvalue weighted by Crippen LogP contribution is -2.68. The van der Waals surface area contributed by atoms with E-state index >= 15 is 0 Å². The first-order chi connectivity index (χ1) is 14.7. The van der Waals surface area contributed by atoms with Gasteiger partial charge in [0.2, 0.25) is 0 Å². The third kappa shape index (κ3) is 3.08. The molecule has 5 rings (SSSR count). The van der Waals surface area contributed by atoms with E-state index in [-0.39, 0.29) is 42.4 Å². The van der Waals surface area contributed by atoms with Gasteiger partial charge in [-0.2, -0.15) is 0 Å². The highest BCUT2D eigenvalue weighted by atomic mass is 16.6. The van der Waals surface area contributed by atoms with Crippen LogP contribution < -0.4 is 10.1 Å². The Balaban J connectivity index is 1.50. The summed E-state index contributed by atoms with van der Waals surface area (Å²) in [6.07, 6.45) is 3.73. The fourth-order valence-corrected chi connectivity index (χ4v) is 6.79. The van der Waals surface area contributed by atoms with Crippen LogP contribution >= 0.6 is 0 Å². The molecule has 1 spiro atoms. The number of aliphatic hydroxyl groups excluding tert-OH is 1. The van der Waals surface area contributed by atoms with E-state index in [1.165, 1.54) is 5.56 Å². The van der Waals surface area contributed by atoms with Crippen molar-refractivity contribution in [1.29, 1.82) is 0 Å². The number of likely N-dealkylation sites (tertiary alicyclic amines) is 1. The molecular weight excluding hydrogens is 396 g/mol. The average Bonchev–Trinajstić information content (AvgIpc) is 3.05. The van der Waals surface area contributed by atoms with Crippen molar-refractivity contribution >= 4 is 5.97 Å². The second-order valence-electron chi connectivity index (χ2n) is 10.7. The SMILES string of the molecule is CN1CC[C@]23c4c5cc(CO)c(O)c4OC2C(NCC(=O)OC(C)(C)C)CC[C@H]3[C@H]1C5. The zero-order valence-electron chi connectivity index (χ0n) is 18.9. The molecule has 0 aromatic heterocycles. The molecular formula is C24H34N2O5. The predicted molar refractivity (Wildman–Crippen MR) is 115 cm³/mol. The Labute approximate surface area is 183 Å². The predicted octanol–water partition coefficient (Wildman–Crippen LogP) is 1.85. The molecule has 31 heavy (non-hydrogen) atoms. The third-order valence-electron chi connectivity index (χ3n) is 7.89. The molecule has 1 aromatic carbocycles. The quantitative estimate of drug-likeness (QED) is 0.628. The third-order valence-corrected chi connectivity index (χ3v) is 7.89. The molecule has 7 nitrogen and oxygen atoms in total. The van der Waals surface area contributed by atoms with Gasteiger partial charge in [0.05, 0.1) is 13.2 Å². The molecule has 2 unspecified atom stereocenters. The van der Waals surface area contributed by atoms with Crippen LogP contribution in [0.1, 0.15) is 56.7 Å². The summed E-state index contributed by atoms with van der Waals surface area (Å²) in [5.41, 5.74) is 2.21. The molecule has 2 heterocycles. The van der Waals surface area contributed by atoms with Gasteiger partial charge in [0.25, 0.3) is 0 Å². The average molecular weight is 431 g/mol. The van der Waals surface area contributed by atoms with E-state index in [0.717, 1.165) is 37.8 Å². The van der Waals surface area contributed by atoms with Gasteiger partial charge in [-0.3, -0.25) is 4.79 Å². The van der Waals surface area contributed by atoms with Gasteiger partial charge >= 0.3 is 5.97 Å². The normalized spacial score (nSPS) is 33.6. The molecule has 0 radical (unpaired) electrons. The highest BCUT2D eigenvalue weighted by molar-refractivity contribution is 5.72. The molecule has 170 valence electrons. The number of esters is 1. The van der Waals surface area contributed by atoms with Crippen molar-refractivity contribution in [2.75, 3.05) is 20.1 Å². The van der Waals surface area contributed by atoms with E-state index in [9.17, 15) is 15.0 Å². The van der Waals surface area contributed by atoms with Crippen LogP contribution in [0.3, 0.4) is 0 Å². The number of phenols is 1. The smallest absolute Gasteiger partial charge is 0.320 e. The Hall–Kier alpha value is -1.83. The molecule has 4 aliphatic rings. The van der Waals surface area contributed by atoms with Crippen molar-refractivity contribution in [3.05, 3.63) is 22.8 Å². The van der Waals surface area contributed by atoms with Crippen LogP contribution in [0.5, 0.6) is 11.5 Å². The first-order valence-electron chi connectivity index (χ1n) is 11.5. The van der Waals surface area contributed by atoms with Gasteiger partial charge in [-0.25, -0.2) is 0 Å². The molecule has 3 N–H and O–H groups in total. The largest absolute Gasteiger partial charge is 0.504 e. The van der Waals surface area contributed by atoms with E-state index < -0.39 is 5.60 Å². The number of piperidine rings is 1. The second-order valence-corrected chi connectivity index (χ2v) is 10.7. The zero-order chi connectivity index (χ0) is 22.1. The number of rotatable bonds is 4. The number of likely N-dealkylation sites (N-methyl/N-ethyl adjacent to an activating group) is 1. The maximum absolute atomic E-state index is 12.3. The lowest BCUT2D eigenvalue weighted by Gasteiger charge is -2.59. The van der Waals surface area contributed by atoms with E-state index in [1.807, 2.05) is 26.8 Å². The maximum Gasteiger partial charge on any atom is 0.320 e. The van der Waals surface area contributed by atoms with Gasteiger partial charge in [-0.1, -0.05) is 0 Å². The minimum atomic E-state index is -0.513. The molecule has 1 aromatic rings. The van der Waals surface area contributed by atoms with Crippen LogP contribution in [0.25, 0.3) is 0 Å². The van der Waals surface area contributed by atoms with Gasteiger partial charge in [0.15, 0.2) is 11.5 Å². The summed E-state index contributed by atoms with van der Waals surface area (Å²) in [5.74, 6) is 0.833. The maximum atomic E-state index is 12.3. The van der Waals surface area contributed by atoms with Crippen LogP contribution in [0, 0.1) is 5.92 Å². The van der Waals surface area contributed by atoms with Crippen molar-refractivity contribution in [2.45, 2.75) is 82.3 Å². The fourth-order valence-electron chi connectivity index (χ4n) is 6.79. The lowest BCUT2D eigenvalue weighted by molar-refractivity contribution is -0.154. The molecule has 2 aliphatic carbocycles. The molecule has 7 heteroatoms. The number of ether oxygens (including phenoxy) is 2. The number of aromatic hydroxyl groups is 1. The number of benzene rings is 1. The number of hydrogen-bond donors (Lipinski definition) is 3. The van der Waals surface area contributed by atoms with Gasteiger partial charge in [0.1, 0.15) is 11.7 Å². The molecule has 2 aliphatic heterocycles. The summed E-state index contributed by atoms with van der Waals surface area (Å²) in [4.78, 5) is 14.8. The Bertz CT molecular complexity index is 910. The molecule has 1 saturated heterocycles. The highest BCUT2D eigenvalue weighted by Crippen LogP contribution is 2.64. The van der Waals surface area contributed by atoms with Crippen LogP contribution in [0.15, 0.2) is 6.07 Å². The van der Waals surface area contributed by atoms with Crippen LogP contribution in [-0.4, -0.2) is 65.0 Å². The Kier molecular flexibility index (Phi) is 4.81. The standard InChI is InChI=1S/C24H34N2O5/c1-23(2,3)31-18(28)11-25-16-6-5-15-17-10-13-9-14(12-27)20(29)21-19(13)24(15,22(16)30-21)7-8-26(17)4/h9,15-17,22,25,27,29H,5-8,10-12H2,1-4H3/t15-,16?,17+,22?,24-/m0/s1. The highest BCUT2D eigenvalue weighted by Gasteiger charge is 2.65. The number of nitrogens with zero attached hydrogens (tertiary/aromatic N) is 1. The second kappa shape index (κ2) is 7.09. The van der Waals surface area contributed by atoms with Gasteiger partial charge in [0, 0.05) is 28.6 Å². The minimum Gasteiger partial charge on any atom is -0.504 e. The first kappa shape index (κ1) is 21.0. The number of carbonyl (C=O) groups is 1. The van der Waals surface area contributed by atoms with E-state index in [4.69, 9.17) is 9.47 Å². The van der Waals surface area contributed by atoms with E-state index in [0.29, 0.717) is 23.3 Å². The number of aliphatic hydroxyl groups is 1. The Morgan fingerprint density at radius 3 is 2.87 bits per heavy atom. The van der Waals surface area contributed by atoms with Crippen molar-refractivity contribution in [1.82, 2.24) is 10.2 Å². The molecule has 5 atom stereocenters. The van der Waals surface area contributed by atoms with Crippen molar-refractivity contribution < 1.29 is 24.5 Å². The fraction of sp³-hybridized carbons (Fsp3) is 0.708. The van der Waals surface area contributed by atoms with Crippen LogP contribution in [0.4, 0.5) is 0 Å². The first-order valence-corrected chi connectivity index (χ1v) is 11.5. The molecule has 2 bridgehead atoms. The number of carbonyl (C=O) groups excluding carboxylic acids is 1. The van der Waals surface area contributed by atoms with E-state index in [1.54, 1.807) is 0 Å². The lowest BCUT2D eigenvalue weighted by atomic mass is 9.51. The monoisotopic (exact) mass is 430 g/mol. The van der Waals surface area contributed by atoms with Crippen molar-refractivity contribution in [3.8, 4) is 11.5 Å². The zero-order valence-corrected chi connectivity index (χ0v) is 18.9. The van der Waals surface area contributed by atoms with Crippen LogP contribution in [-0.2, 0) is 28.0 Å². The Morgan fingerprint density at radius 1 is 1.39 bits per heavy atom. The van der Waals surface area contributed by atoms with Crippen molar-refractivity contribution in [2.24, 2.45) is 5.92 Å².